The quantitative estimate of drug-likeness (QED) is 0.436. The number of nitrogens with zero attached hydrogens (tertiary/aromatic N) is 6. The van der Waals surface area contributed by atoms with Gasteiger partial charge in [-0.2, -0.15) is 5.10 Å². The van der Waals surface area contributed by atoms with E-state index in [4.69, 9.17) is 0 Å². The van der Waals surface area contributed by atoms with Crippen LogP contribution in [0.2, 0.25) is 0 Å². The molecule has 178 valence electrons. The van der Waals surface area contributed by atoms with Crippen molar-refractivity contribution >= 4 is 22.0 Å². The highest BCUT2D eigenvalue weighted by molar-refractivity contribution is 7.82. The summed E-state index contributed by atoms with van der Waals surface area (Å²) in [5, 5.41) is 5.63. The van der Waals surface area contributed by atoms with Crippen LogP contribution < -0.4 is 0 Å². The molecule has 8 nitrogen and oxygen atoms in total. The lowest BCUT2D eigenvalue weighted by molar-refractivity contribution is 0.163. The monoisotopic (exact) mass is 481 g/mol. The molecule has 1 aliphatic heterocycles. The normalized spacial score (nSPS) is 17.3. The number of fused-ring (bicyclic) bond motifs is 1. The van der Waals surface area contributed by atoms with Crippen molar-refractivity contribution in [2.24, 2.45) is 0 Å². The second-order valence-corrected chi connectivity index (χ2v) is 10.1. The molecule has 10 heteroatoms. The van der Waals surface area contributed by atoms with E-state index in [0.29, 0.717) is 18.0 Å². The molecule has 1 aliphatic rings. The third kappa shape index (κ3) is 4.53. The Bertz CT molecular complexity index is 1310. The number of hydrogen-bond acceptors (Lipinski definition) is 5. The predicted molar refractivity (Wildman–Crippen MR) is 130 cm³/mol. The zero-order chi connectivity index (χ0) is 23.7. The molecule has 34 heavy (non-hydrogen) atoms. The van der Waals surface area contributed by atoms with Gasteiger partial charge in [-0.3, -0.25) is 9.58 Å². The van der Waals surface area contributed by atoms with Crippen LogP contribution in [-0.4, -0.2) is 70.9 Å². The van der Waals surface area contributed by atoms with Crippen LogP contribution in [-0.2, 0) is 11.0 Å². The Morgan fingerprint density at radius 2 is 2.00 bits per heavy atom. The van der Waals surface area contributed by atoms with Gasteiger partial charge in [0.15, 0.2) is 0 Å². The highest BCUT2D eigenvalue weighted by atomic mass is 32.2. The first-order valence-corrected chi connectivity index (χ1v) is 12.6. The summed E-state index contributed by atoms with van der Waals surface area (Å²) in [6.45, 7) is 7.91. The fourth-order valence-corrected chi connectivity index (χ4v) is 5.78. The molecule has 0 radical (unpaired) electrons. The Balaban J connectivity index is 1.23. The number of rotatable bonds is 7. The number of H-pyrrole nitrogens is 1. The summed E-state index contributed by atoms with van der Waals surface area (Å²) in [6.07, 6.45) is 8.31. The lowest BCUT2D eigenvalue weighted by Crippen LogP contribution is -2.48. The Morgan fingerprint density at radius 3 is 2.76 bits per heavy atom. The molecule has 0 aliphatic carbocycles. The van der Waals surface area contributed by atoms with Gasteiger partial charge >= 0.3 is 0 Å². The summed E-state index contributed by atoms with van der Waals surface area (Å²) < 4.78 is 30.4. The van der Waals surface area contributed by atoms with E-state index in [1.54, 1.807) is 19.3 Å². The summed E-state index contributed by atoms with van der Waals surface area (Å²) in [6, 6.07) is 6.66. The lowest BCUT2D eigenvalue weighted by Gasteiger charge is -2.35. The molecular weight excluding hydrogens is 453 g/mol. The summed E-state index contributed by atoms with van der Waals surface area (Å²) in [7, 11) is -1.27. The molecule has 4 heterocycles. The maximum Gasteiger partial charge on any atom is 0.141 e. The minimum atomic E-state index is -1.27. The first-order chi connectivity index (χ1) is 16.5. The van der Waals surface area contributed by atoms with E-state index in [2.05, 4.69) is 38.1 Å². The molecule has 0 saturated carbocycles. The maximum absolute atomic E-state index is 13.4. The van der Waals surface area contributed by atoms with Crippen molar-refractivity contribution in [3.63, 3.8) is 0 Å². The van der Waals surface area contributed by atoms with Gasteiger partial charge in [-0.15, -0.1) is 0 Å². The number of aryl methyl sites for hydroxylation is 1. The van der Waals surface area contributed by atoms with Crippen LogP contribution in [0.25, 0.3) is 22.3 Å². The van der Waals surface area contributed by atoms with E-state index in [9.17, 15) is 8.60 Å². The van der Waals surface area contributed by atoms with Crippen LogP contribution in [0.1, 0.15) is 24.9 Å². The minimum absolute atomic E-state index is 0.230. The SMILES string of the molecule is CCC(CN1CCN(S(=O)c2ccc(F)cc2C)CC1)n1cc(-c2ncnc3[nH]ccc23)cn1. The first-order valence-electron chi connectivity index (χ1n) is 11.5. The van der Waals surface area contributed by atoms with Crippen LogP contribution >= 0.6 is 0 Å². The topological polar surface area (TPSA) is 82.9 Å². The van der Waals surface area contributed by atoms with Crippen LogP contribution in [0.4, 0.5) is 4.39 Å². The molecule has 0 amide bonds. The molecule has 1 aromatic carbocycles. The van der Waals surface area contributed by atoms with E-state index in [-0.39, 0.29) is 11.9 Å². The smallest absolute Gasteiger partial charge is 0.141 e. The molecule has 4 aromatic rings. The summed E-state index contributed by atoms with van der Waals surface area (Å²) in [4.78, 5) is 15.0. The molecule has 3 aromatic heterocycles. The van der Waals surface area contributed by atoms with Crippen molar-refractivity contribution in [1.82, 2.24) is 33.9 Å². The molecule has 0 bridgehead atoms. The van der Waals surface area contributed by atoms with Gasteiger partial charge in [0.2, 0.25) is 0 Å². The van der Waals surface area contributed by atoms with Crippen LogP contribution in [0.3, 0.4) is 0 Å². The van der Waals surface area contributed by atoms with Crippen LogP contribution in [0, 0.1) is 12.7 Å². The van der Waals surface area contributed by atoms with Gasteiger partial charge in [-0.25, -0.2) is 22.9 Å². The zero-order valence-electron chi connectivity index (χ0n) is 19.3. The highest BCUT2D eigenvalue weighted by Crippen LogP contribution is 2.26. The van der Waals surface area contributed by atoms with Crippen LogP contribution in [0.5, 0.6) is 0 Å². The second-order valence-electron chi connectivity index (χ2n) is 8.62. The second kappa shape index (κ2) is 9.73. The zero-order valence-corrected chi connectivity index (χ0v) is 20.1. The third-order valence-corrected chi connectivity index (χ3v) is 8.10. The molecule has 2 atom stereocenters. The average Bonchev–Trinajstić information content (AvgIpc) is 3.52. The number of aromatic nitrogens is 5. The van der Waals surface area contributed by atoms with Crippen molar-refractivity contribution in [3.8, 4) is 11.3 Å². The molecule has 2 unspecified atom stereocenters. The number of halogens is 1. The molecule has 1 N–H and O–H groups in total. The molecule has 1 fully saturated rings. The van der Waals surface area contributed by atoms with Gasteiger partial charge in [0.05, 0.1) is 22.8 Å². The Labute approximate surface area is 200 Å². The summed E-state index contributed by atoms with van der Waals surface area (Å²) in [5.74, 6) is -0.298. The summed E-state index contributed by atoms with van der Waals surface area (Å²) >= 11 is 0. The largest absolute Gasteiger partial charge is 0.346 e. The Morgan fingerprint density at radius 1 is 1.18 bits per heavy atom. The Kier molecular flexibility index (Phi) is 6.53. The standard InChI is InChI=1S/C24H28FN7OS/c1-3-20(32-14-18(13-29-32)23-21-6-7-26-24(21)28-16-27-23)15-30-8-10-31(11-9-30)34(33)22-5-4-19(25)12-17(22)2/h4-7,12-14,16,20H,3,8-11,15H2,1-2H3,(H,26,27,28). The highest BCUT2D eigenvalue weighted by Gasteiger charge is 2.25. The first kappa shape index (κ1) is 22.8. The fourth-order valence-electron chi connectivity index (χ4n) is 4.49. The number of piperazine rings is 1. The van der Waals surface area contributed by atoms with Gasteiger partial charge in [0.25, 0.3) is 0 Å². The number of hydrogen-bond donors (Lipinski definition) is 1. The molecular formula is C24H28FN7OS. The minimum Gasteiger partial charge on any atom is -0.346 e. The van der Waals surface area contributed by atoms with E-state index in [1.807, 2.05) is 27.4 Å². The van der Waals surface area contributed by atoms with Gasteiger partial charge < -0.3 is 4.98 Å². The van der Waals surface area contributed by atoms with E-state index in [0.717, 1.165) is 53.9 Å². The number of benzene rings is 1. The lowest BCUT2D eigenvalue weighted by atomic mass is 10.1. The molecule has 0 spiro atoms. The van der Waals surface area contributed by atoms with Gasteiger partial charge in [-0.05, 0) is 43.2 Å². The maximum atomic E-state index is 13.4. The third-order valence-electron chi connectivity index (χ3n) is 6.43. The van der Waals surface area contributed by atoms with Crippen molar-refractivity contribution in [1.29, 1.82) is 0 Å². The van der Waals surface area contributed by atoms with Crippen LogP contribution in [0.15, 0.2) is 54.1 Å². The van der Waals surface area contributed by atoms with E-state index < -0.39 is 11.0 Å². The molecule has 1 saturated heterocycles. The van der Waals surface area contributed by atoms with E-state index in [1.165, 1.54) is 12.1 Å². The van der Waals surface area contributed by atoms with Crippen molar-refractivity contribution in [2.75, 3.05) is 32.7 Å². The van der Waals surface area contributed by atoms with Gasteiger partial charge in [-0.1, -0.05) is 6.92 Å². The van der Waals surface area contributed by atoms with E-state index >= 15 is 0 Å². The van der Waals surface area contributed by atoms with Gasteiger partial charge in [0, 0.05) is 56.1 Å². The van der Waals surface area contributed by atoms with Crippen molar-refractivity contribution < 1.29 is 8.60 Å². The van der Waals surface area contributed by atoms with Gasteiger partial charge in [0.1, 0.15) is 28.8 Å². The predicted octanol–water partition coefficient (Wildman–Crippen LogP) is 3.56. The van der Waals surface area contributed by atoms with Crippen molar-refractivity contribution in [2.45, 2.75) is 31.2 Å². The molecule has 5 rings (SSSR count). The number of aromatic amines is 1. The fraction of sp³-hybridized carbons (Fsp3) is 0.375. The average molecular weight is 482 g/mol. The van der Waals surface area contributed by atoms with Crippen molar-refractivity contribution in [3.05, 3.63) is 60.6 Å². The number of nitrogens with one attached hydrogen (secondary N) is 1. The Hall–Kier alpha value is -2.95. The summed E-state index contributed by atoms with van der Waals surface area (Å²) in [5.41, 5.74) is 3.39.